The lowest BCUT2D eigenvalue weighted by Crippen LogP contribution is -2.05. The summed E-state index contributed by atoms with van der Waals surface area (Å²) in [5.74, 6) is 1.49. The van der Waals surface area contributed by atoms with Crippen LogP contribution in [0.2, 0.25) is 0 Å². The van der Waals surface area contributed by atoms with Crippen molar-refractivity contribution in [3.05, 3.63) is 59.7 Å². The van der Waals surface area contributed by atoms with E-state index >= 15 is 0 Å². The first-order chi connectivity index (χ1) is 14.0. The van der Waals surface area contributed by atoms with Crippen LogP contribution in [0.25, 0.3) is 17.1 Å². The van der Waals surface area contributed by atoms with E-state index < -0.39 is 0 Å². The Balaban J connectivity index is 1.67. The van der Waals surface area contributed by atoms with Crippen molar-refractivity contribution in [2.24, 2.45) is 7.05 Å². The lowest BCUT2D eigenvalue weighted by molar-refractivity contribution is 0.479. The van der Waals surface area contributed by atoms with Gasteiger partial charge < -0.3 is 10.4 Å². The van der Waals surface area contributed by atoms with Crippen molar-refractivity contribution in [2.75, 3.05) is 5.32 Å². The molecule has 0 atom stereocenters. The Hall–Kier alpha value is -4.19. The molecule has 0 aliphatic carbocycles. The molecule has 0 saturated carbocycles. The molecule has 0 unspecified atom stereocenters. The van der Waals surface area contributed by atoms with E-state index in [1.54, 1.807) is 42.1 Å². The summed E-state index contributed by atoms with van der Waals surface area (Å²) in [7, 11) is 1.72. The summed E-state index contributed by atoms with van der Waals surface area (Å²) in [5, 5.41) is 31.6. The number of hydrogen-bond acceptors (Lipinski definition) is 7. The molecule has 9 nitrogen and oxygen atoms in total. The third-order valence-electron chi connectivity index (χ3n) is 4.44. The maximum Gasteiger partial charge on any atom is 0.186 e. The maximum atomic E-state index is 10.7. The van der Waals surface area contributed by atoms with E-state index in [0.29, 0.717) is 34.3 Å². The first-order valence-electron chi connectivity index (χ1n) is 8.85. The van der Waals surface area contributed by atoms with E-state index in [4.69, 9.17) is 5.26 Å². The molecule has 2 N–H and O–H groups in total. The zero-order valence-corrected chi connectivity index (χ0v) is 16.1. The van der Waals surface area contributed by atoms with Crippen LogP contribution in [0.3, 0.4) is 0 Å². The van der Waals surface area contributed by atoms with Crippen LogP contribution >= 0.6 is 0 Å². The van der Waals surface area contributed by atoms with Gasteiger partial charge in [0.2, 0.25) is 0 Å². The van der Waals surface area contributed by atoms with E-state index in [2.05, 4.69) is 31.6 Å². The van der Waals surface area contributed by atoms with Gasteiger partial charge in [0.25, 0.3) is 0 Å². The zero-order valence-electron chi connectivity index (χ0n) is 16.1. The Morgan fingerprint density at radius 2 is 1.83 bits per heavy atom. The summed E-state index contributed by atoms with van der Waals surface area (Å²) in [6.45, 7) is 3.87. The molecule has 0 saturated heterocycles. The minimum atomic E-state index is -0.0107. The van der Waals surface area contributed by atoms with Crippen molar-refractivity contribution in [3.8, 4) is 28.9 Å². The molecule has 29 heavy (non-hydrogen) atoms. The van der Waals surface area contributed by atoms with Crippen LogP contribution in [0.4, 0.5) is 11.6 Å². The summed E-state index contributed by atoms with van der Waals surface area (Å²) in [6.07, 6.45) is 1.43. The first kappa shape index (κ1) is 18.2. The van der Waals surface area contributed by atoms with Gasteiger partial charge in [-0.3, -0.25) is 0 Å². The normalized spacial score (nSPS) is 10.7. The van der Waals surface area contributed by atoms with Gasteiger partial charge in [-0.25, -0.2) is 19.3 Å². The predicted octanol–water partition coefficient (Wildman–Crippen LogP) is 3.00. The summed E-state index contributed by atoms with van der Waals surface area (Å²) >= 11 is 0. The van der Waals surface area contributed by atoms with Gasteiger partial charge in [-0.15, -0.1) is 0 Å². The number of nitriles is 1. The second kappa shape index (κ2) is 7.09. The largest absolute Gasteiger partial charge is 0.503 e. The summed E-state index contributed by atoms with van der Waals surface area (Å²) < 4.78 is 3.27. The van der Waals surface area contributed by atoms with Crippen molar-refractivity contribution in [2.45, 2.75) is 13.8 Å². The second-order valence-corrected chi connectivity index (χ2v) is 6.58. The van der Waals surface area contributed by atoms with Crippen molar-refractivity contribution < 1.29 is 5.11 Å². The minimum absolute atomic E-state index is 0.0107. The Morgan fingerprint density at radius 1 is 1.07 bits per heavy atom. The molecule has 0 amide bonds. The Labute approximate surface area is 166 Å². The molecule has 0 aliphatic heterocycles. The molecule has 4 aromatic rings. The number of aryl methyl sites for hydroxylation is 3. The predicted molar refractivity (Wildman–Crippen MR) is 107 cm³/mol. The van der Waals surface area contributed by atoms with Gasteiger partial charge in [-0.2, -0.15) is 15.5 Å². The average Bonchev–Trinajstić information content (AvgIpc) is 3.21. The summed E-state index contributed by atoms with van der Waals surface area (Å²) in [5.41, 5.74) is 3.51. The van der Waals surface area contributed by atoms with Gasteiger partial charge in [0.15, 0.2) is 17.4 Å². The molecule has 0 aliphatic rings. The molecule has 3 heterocycles. The number of aromatic nitrogens is 6. The fourth-order valence-corrected chi connectivity index (χ4v) is 3.06. The standard InChI is InChI=1S/C20H18N8O/c1-12-8-13(2)28(25-12)17-9-16(22-11-23-17)24-20-19(29)18(26-27(20)3)15-6-4-14(10-21)5-7-15/h4-9,11,29H,1-3H3,(H,22,23,24). The molecular weight excluding hydrogens is 368 g/mol. The molecule has 4 rings (SSSR count). The van der Waals surface area contributed by atoms with Crippen LogP contribution in [0.15, 0.2) is 42.7 Å². The highest BCUT2D eigenvalue weighted by Gasteiger charge is 2.18. The minimum Gasteiger partial charge on any atom is -0.503 e. The first-order valence-corrected chi connectivity index (χ1v) is 8.85. The van der Waals surface area contributed by atoms with Gasteiger partial charge in [-0.05, 0) is 32.0 Å². The number of nitrogens with one attached hydrogen (secondary N) is 1. The Morgan fingerprint density at radius 3 is 2.48 bits per heavy atom. The van der Waals surface area contributed by atoms with Crippen LogP contribution in [-0.4, -0.2) is 34.6 Å². The number of nitrogens with zero attached hydrogens (tertiary/aromatic N) is 7. The van der Waals surface area contributed by atoms with Gasteiger partial charge in [0, 0.05) is 24.4 Å². The highest BCUT2D eigenvalue weighted by Crippen LogP contribution is 2.36. The number of benzene rings is 1. The fraction of sp³-hybridized carbons (Fsp3) is 0.150. The number of anilines is 2. The van der Waals surface area contributed by atoms with E-state index in [-0.39, 0.29) is 5.75 Å². The van der Waals surface area contributed by atoms with Gasteiger partial charge >= 0.3 is 0 Å². The fourth-order valence-electron chi connectivity index (χ4n) is 3.06. The topological polar surface area (TPSA) is 117 Å². The molecule has 0 radical (unpaired) electrons. The van der Waals surface area contributed by atoms with Crippen molar-refractivity contribution in [1.82, 2.24) is 29.5 Å². The SMILES string of the molecule is Cc1cc(C)n(-c2cc(Nc3c(O)c(-c4ccc(C#N)cc4)nn3C)ncn2)n1. The van der Waals surface area contributed by atoms with Gasteiger partial charge in [0.05, 0.1) is 17.3 Å². The maximum absolute atomic E-state index is 10.7. The quantitative estimate of drug-likeness (QED) is 0.553. The Bertz CT molecular complexity index is 1230. The van der Waals surface area contributed by atoms with E-state index in [9.17, 15) is 5.11 Å². The van der Waals surface area contributed by atoms with Crippen molar-refractivity contribution >= 4 is 11.6 Å². The Kier molecular flexibility index (Phi) is 4.44. The van der Waals surface area contributed by atoms with Crippen molar-refractivity contribution in [3.63, 3.8) is 0 Å². The van der Waals surface area contributed by atoms with E-state index in [1.807, 2.05) is 19.9 Å². The van der Waals surface area contributed by atoms with Crippen molar-refractivity contribution in [1.29, 1.82) is 5.26 Å². The van der Waals surface area contributed by atoms with Crippen LogP contribution in [0.5, 0.6) is 5.75 Å². The third kappa shape index (κ3) is 3.39. The highest BCUT2D eigenvalue weighted by atomic mass is 16.3. The third-order valence-corrected chi connectivity index (χ3v) is 4.44. The van der Waals surface area contributed by atoms with E-state index in [1.165, 1.54) is 11.0 Å². The molecule has 0 fully saturated rings. The molecule has 1 aromatic carbocycles. The molecule has 0 bridgehead atoms. The number of rotatable bonds is 4. The molecule has 3 aromatic heterocycles. The number of aromatic hydroxyl groups is 1. The average molecular weight is 386 g/mol. The molecule has 9 heteroatoms. The van der Waals surface area contributed by atoms with Gasteiger partial charge in [0.1, 0.15) is 17.8 Å². The summed E-state index contributed by atoms with van der Waals surface area (Å²) in [4.78, 5) is 8.51. The number of hydrogen-bond donors (Lipinski definition) is 2. The lowest BCUT2D eigenvalue weighted by atomic mass is 10.1. The van der Waals surface area contributed by atoms with Crippen LogP contribution in [0.1, 0.15) is 17.0 Å². The summed E-state index contributed by atoms with van der Waals surface area (Å²) in [6, 6.07) is 12.6. The zero-order chi connectivity index (χ0) is 20.5. The van der Waals surface area contributed by atoms with Crippen LogP contribution in [-0.2, 0) is 7.05 Å². The second-order valence-electron chi connectivity index (χ2n) is 6.58. The van der Waals surface area contributed by atoms with Crippen LogP contribution in [0, 0.1) is 25.2 Å². The van der Waals surface area contributed by atoms with Crippen LogP contribution < -0.4 is 5.32 Å². The molecule has 0 spiro atoms. The van der Waals surface area contributed by atoms with Gasteiger partial charge in [-0.1, -0.05) is 12.1 Å². The monoisotopic (exact) mass is 386 g/mol. The van der Waals surface area contributed by atoms with E-state index in [0.717, 1.165) is 11.4 Å². The molecular formula is C20H18N8O. The smallest absolute Gasteiger partial charge is 0.186 e. The molecule has 144 valence electrons. The lowest BCUT2D eigenvalue weighted by Gasteiger charge is -2.08. The highest BCUT2D eigenvalue weighted by molar-refractivity contribution is 5.75.